The minimum atomic E-state index is -5.01. The Kier molecular flexibility index (Phi) is 5.50. The molecule has 0 saturated carbocycles. The minimum Gasteiger partial charge on any atom is -0.386 e. The van der Waals surface area contributed by atoms with Gasteiger partial charge in [0.05, 0.1) is 17.1 Å². The Morgan fingerprint density at radius 3 is 2.45 bits per heavy atom. The van der Waals surface area contributed by atoms with Crippen molar-refractivity contribution in [2.24, 2.45) is 0 Å². The second kappa shape index (κ2) is 7.47. The molecule has 2 heterocycles. The molecule has 2 aromatic rings. The summed E-state index contributed by atoms with van der Waals surface area (Å²) in [6.07, 6.45) is -9.89. The summed E-state index contributed by atoms with van der Waals surface area (Å²) >= 11 is 0. The first kappa shape index (κ1) is 21.4. The Morgan fingerprint density at radius 1 is 1.17 bits per heavy atom. The van der Waals surface area contributed by atoms with Gasteiger partial charge in [-0.2, -0.15) is 26.3 Å². The lowest BCUT2D eigenvalue weighted by molar-refractivity contribution is -0.142. The number of aliphatic hydroxyl groups is 1. The molecule has 1 saturated heterocycles. The van der Waals surface area contributed by atoms with Gasteiger partial charge < -0.3 is 10.0 Å². The summed E-state index contributed by atoms with van der Waals surface area (Å²) in [6.45, 7) is 1.60. The van der Waals surface area contributed by atoms with Crippen LogP contribution < -0.4 is 0 Å². The number of fused-ring (bicyclic) bond motifs is 1. The maximum Gasteiger partial charge on any atom is 0.433 e. The highest BCUT2D eigenvalue weighted by molar-refractivity contribution is 5.86. The van der Waals surface area contributed by atoms with E-state index in [1.165, 1.54) is 17.9 Å². The van der Waals surface area contributed by atoms with Crippen molar-refractivity contribution in [1.82, 2.24) is 9.88 Å². The van der Waals surface area contributed by atoms with E-state index in [1.54, 1.807) is 0 Å². The monoisotopic (exact) mass is 420 g/mol. The summed E-state index contributed by atoms with van der Waals surface area (Å²) < 4.78 is 80.1. The smallest absolute Gasteiger partial charge is 0.386 e. The van der Waals surface area contributed by atoms with Gasteiger partial charge >= 0.3 is 12.4 Å². The Hall–Kier alpha value is -2.36. The molecular weight excluding hydrogens is 402 g/mol. The van der Waals surface area contributed by atoms with E-state index < -0.39 is 41.3 Å². The van der Waals surface area contributed by atoms with Gasteiger partial charge in [0.15, 0.2) is 0 Å². The van der Waals surface area contributed by atoms with Gasteiger partial charge in [0.25, 0.3) is 0 Å². The van der Waals surface area contributed by atoms with Gasteiger partial charge in [-0.25, -0.2) is 4.98 Å². The van der Waals surface area contributed by atoms with Gasteiger partial charge in [-0.15, -0.1) is 0 Å². The van der Waals surface area contributed by atoms with E-state index >= 15 is 0 Å². The maximum absolute atomic E-state index is 13.4. The number of hydrogen-bond donors (Lipinski definition) is 1. The first-order valence-electron chi connectivity index (χ1n) is 8.94. The average molecular weight is 420 g/mol. The van der Waals surface area contributed by atoms with Crippen molar-refractivity contribution in [3.63, 3.8) is 0 Å². The molecule has 0 bridgehead atoms. The Labute approximate surface area is 162 Å². The fraction of sp³-hybridized carbons (Fsp3) is 0.474. The highest BCUT2D eigenvalue weighted by Crippen LogP contribution is 2.40. The lowest BCUT2D eigenvalue weighted by Crippen LogP contribution is -2.45. The third-order valence-electron chi connectivity index (χ3n) is 5.10. The zero-order valence-corrected chi connectivity index (χ0v) is 15.3. The predicted molar refractivity (Wildman–Crippen MR) is 91.7 cm³/mol. The number of alkyl halides is 6. The number of para-hydroxylation sites is 1. The van der Waals surface area contributed by atoms with Crippen molar-refractivity contribution in [3.8, 4) is 0 Å². The number of piperidine rings is 1. The molecule has 1 aliphatic heterocycles. The van der Waals surface area contributed by atoms with E-state index in [1.807, 2.05) is 0 Å². The van der Waals surface area contributed by atoms with Gasteiger partial charge in [-0.1, -0.05) is 12.1 Å². The maximum atomic E-state index is 13.4. The third-order valence-corrected chi connectivity index (χ3v) is 5.10. The minimum absolute atomic E-state index is 0.227. The molecule has 1 aromatic heterocycles. The summed E-state index contributed by atoms with van der Waals surface area (Å²) in [7, 11) is 0. The quantitative estimate of drug-likeness (QED) is 0.717. The number of pyridine rings is 1. The van der Waals surface area contributed by atoms with Crippen LogP contribution in [-0.2, 0) is 17.1 Å². The summed E-state index contributed by atoms with van der Waals surface area (Å²) in [5.41, 5.74) is -4.05. The molecule has 2 atom stereocenters. The molecule has 0 radical (unpaired) electrons. The van der Waals surface area contributed by atoms with E-state index in [4.69, 9.17) is 0 Å². The summed E-state index contributed by atoms with van der Waals surface area (Å²) in [5, 5.41) is 10.6. The summed E-state index contributed by atoms with van der Waals surface area (Å²) in [6, 6.07) is 2.63. The molecule has 1 unspecified atom stereocenters. The number of aliphatic hydroxyl groups excluding tert-OH is 1. The van der Waals surface area contributed by atoms with Crippen LogP contribution in [0.2, 0.25) is 0 Å². The molecule has 1 amide bonds. The Bertz CT molecular complexity index is 925. The number of benzene rings is 1. The van der Waals surface area contributed by atoms with Gasteiger partial charge in [0, 0.05) is 18.9 Å². The fourth-order valence-electron chi connectivity index (χ4n) is 3.78. The SMILES string of the molecule is CC(=O)N1CCCC[C@H]1C(O)c1cc(C(F)(F)F)nc2c(C(F)(F)F)cccc12. The van der Waals surface area contributed by atoms with Crippen molar-refractivity contribution in [2.45, 2.75) is 50.7 Å². The molecule has 1 aromatic carbocycles. The largest absolute Gasteiger partial charge is 0.433 e. The number of carbonyl (C=O) groups excluding carboxylic acids is 1. The number of likely N-dealkylation sites (tertiary alicyclic amines) is 1. The van der Waals surface area contributed by atoms with Crippen LogP contribution >= 0.6 is 0 Å². The molecule has 0 spiro atoms. The zero-order chi connectivity index (χ0) is 21.6. The van der Waals surface area contributed by atoms with Crippen molar-refractivity contribution in [2.75, 3.05) is 6.54 Å². The number of carbonyl (C=O) groups is 1. The van der Waals surface area contributed by atoms with E-state index in [2.05, 4.69) is 4.98 Å². The molecule has 0 aliphatic carbocycles. The number of amides is 1. The first-order valence-corrected chi connectivity index (χ1v) is 8.94. The molecule has 3 rings (SSSR count). The van der Waals surface area contributed by atoms with E-state index in [0.29, 0.717) is 37.9 Å². The predicted octanol–water partition coefficient (Wildman–Crippen LogP) is 4.71. The number of nitrogens with zero attached hydrogens (tertiary/aromatic N) is 2. The van der Waals surface area contributed by atoms with Crippen LogP contribution in [0.3, 0.4) is 0 Å². The third kappa shape index (κ3) is 4.17. The number of aromatic nitrogens is 1. The molecule has 1 aliphatic rings. The normalized spacial score (nSPS) is 19.4. The lowest BCUT2D eigenvalue weighted by atomic mass is 9.90. The van der Waals surface area contributed by atoms with Crippen molar-refractivity contribution < 1.29 is 36.2 Å². The van der Waals surface area contributed by atoms with E-state index in [9.17, 15) is 36.2 Å². The molecule has 10 heteroatoms. The standard InChI is InChI=1S/C19H18F6N2O2/c1-10(28)27-8-3-2-7-14(27)17(29)12-9-15(19(23,24)25)26-16-11(12)5-4-6-13(16)18(20,21)22/h4-6,9,14,17,29H,2-3,7-8H2,1H3/t14-,17?/m0/s1. The summed E-state index contributed by atoms with van der Waals surface area (Å²) in [4.78, 5) is 16.5. The first-order chi connectivity index (χ1) is 13.4. The van der Waals surface area contributed by atoms with Crippen LogP contribution in [0.4, 0.5) is 26.3 Å². The topological polar surface area (TPSA) is 53.4 Å². The van der Waals surface area contributed by atoms with Crippen LogP contribution in [0.25, 0.3) is 10.9 Å². The van der Waals surface area contributed by atoms with Gasteiger partial charge in [-0.05, 0) is 37.0 Å². The zero-order valence-electron chi connectivity index (χ0n) is 15.3. The van der Waals surface area contributed by atoms with Gasteiger partial charge in [0.2, 0.25) is 5.91 Å². The van der Waals surface area contributed by atoms with Crippen LogP contribution in [-0.4, -0.2) is 33.5 Å². The van der Waals surface area contributed by atoms with E-state index in [-0.39, 0.29) is 16.9 Å². The van der Waals surface area contributed by atoms with Crippen molar-refractivity contribution in [3.05, 3.63) is 41.1 Å². The molecule has 1 N–H and O–H groups in total. The highest BCUT2D eigenvalue weighted by atomic mass is 19.4. The van der Waals surface area contributed by atoms with Crippen molar-refractivity contribution in [1.29, 1.82) is 0 Å². The Balaban J connectivity index is 2.24. The molecule has 1 fully saturated rings. The number of hydrogen-bond acceptors (Lipinski definition) is 3. The fourth-order valence-corrected chi connectivity index (χ4v) is 3.78. The van der Waals surface area contributed by atoms with Crippen LogP contribution in [0, 0.1) is 0 Å². The second-order valence-electron chi connectivity index (χ2n) is 7.01. The number of halogens is 6. The molecular formula is C19H18F6N2O2. The Morgan fingerprint density at radius 2 is 1.86 bits per heavy atom. The highest BCUT2D eigenvalue weighted by Gasteiger charge is 2.39. The van der Waals surface area contributed by atoms with Gasteiger partial charge in [-0.3, -0.25) is 4.79 Å². The molecule has 4 nitrogen and oxygen atoms in total. The summed E-state index contributed by atoms with van der Waals surface area (Å²) in [5.74, 6) is -0.362. The van der Waals surface area contributed by atoms with Crippen LogP contribution in [0.5, 0.6) is 0 Å². The average Bonchev–Trinajstić information content (AvgIpc) is 2.64. The molecule has 158 valence electrons. The number of rotatable bonds is 2. The second-order valence-corrected chi connectivity index (χ2v) is 7.01. The lowest BCUT2D eigenvalue weighted by Gasteiger charge is -2.38. The van der Waals surface area contributed by atoms with Crippen LogP contribution in [0.15, 0.2) is 24.3 Å². The van der Waals surface area contributed by atoms with Crippen LogP contribution in [0.1, 0.15) is 49.1 Å². The van der Waals surface area contributed by atoms with Gasteiger partial charge in [0.1, 0.15) is 11.8 Å². The van der Waals surface area contributed by atoms with Crippen molar-refractivity contribution >= 4 is 16.8 Å². The molecule has 29 heavy (non-hydrogen) atoms. The van der Waals surface area contributed by atoms with E-state index in [0.717, 1.165) is 6.07 Å².